The number of halogens is 3. The van der Waals surface area contributed by atoms with E-state index < -0.39 is 0 Å². The highest BCUT2D eigenvalue weighted by Crippen LogP contribution is 2.26. The Morgan fingerprint density at radius 1 is 1.18 bits per heavy atom. The Kier molecular flexibility index (Phi) is 8.03. The van der Waals surface area contributed by atoms with Crippen molar-refractivity contribution < 1.29 is 9.59 Å². The third-order valence-corrected chi connectivity index (χ3v) is 6.82. The first-order chi connectivity index (χ1) is 16.3. The van der Waals surface area contributed by atoms with E-state index in [1.807, 2.05) is 6.92 Å². The summed E-state index contributed by atoms with van der Waals surface area (Å²) in [4.78, 5) is 30.8. The predicted octanol–water partition coefficient (Wildman–Crippen LogP) is 5.64. The fourth-order valence-corrected chi connectivity index (χ4v) is 5.04. The number of rotatable bonds is 7. The van der Waals surface area contributed by atoms with Crippen LogP contribution in [0.4, 0.5) is 0 Å². The smallest absolute Gasteiger partial charge is 0.265 e. The number of ketones is 1. The van der Waals surface area contributed by atoms with Crippen LogP contribution in [0.2, 0.25) is 10.0 Å². The molecule has 34 heavy (non-hydrogen) atoms. The maximum atomic E-state index is 13.4. The second-order valence-corrected chi connectivity index (χ2v) is 10.0. The van der Waals surface area contributed by atoms with E-state index in [-0.39, 0.29) is 24.2 Å². The zero-order valence-electron chi connectivity index (χ0n) is 18.6. The van der Waals surface area contributed by atoms with Gasteiger partial charge in [0.25, 0.3) is 5.91 Å². The van der Waals surface area contributed by atoms with E-state index in [0.717, 1.165) is 31.2 Å². The topological polar surface area (TPSA) is 88.9 Å². The van der Waals surface area contributed by atoms with Crippen LogP contribution in [0.5, 0.6) is 0 Å². The molecule has 1 aliphatic rings. The number of benzene rings is 1. The molecule has 0 atom stereocenters. The van der Waals surface area contributed by atoms with Crippen LogP contribution < -0.4 is 10.9 Å². The van der Waals surface area contributed by atoms with E-state index in [2.05, 4.69) is 36.9 Å². The number of hydrazine groups is 1. The molecule has 1 aromatic carbocycles. The number of hydrogen-bond acceptors (Lipinski definition) is 5. The van der Waals surface area contributed by atoms with Crippen LogP contribution in [0, 0.1) is 6.92 Å². The third kappa shape index (κ3) is 5.68. The van der Waals surface area contributed by atoms with Crippen molar-refractivity contribution >= 4 is 50.8 Å². The number of nitrogens with one attached hydrogen (secondary N) is 2. The third-order valence-electron chi connectivity index (χ3n) is 5.92. The predicted molar refractivity (Wildman–Crippen MR) is 136 cm³/mol. The summed E-state index contributed by atoms with van der Waals surface area (Å²) in [6, 6.07) is 8.59. The number of amides is 1. The molecule has 7 nitrogen and oxygen atoms in total. The molecule has 0 radical (unpaired) electrons. The second-order valence-electron chi connectivity index (χ2n) is 8.36. The molecule has 1 aliphatic carbocycles. The summed E-state index contributed by atoms with van der Waals surface area (Å²) >= 11 is 15.9. The van der Waals surface area contributed by atoms with Gasteiger partial charge in [0.1, 0.15) is 10.3 Å². The van der Waals surface area contributed by atoms with Crippen molar-refractivity contribution in [3.63, 3.8) is 0 Å². The fraction of sp³-hybridized carbons (Fsp3) is 0.333. The lowest BCUT2D eigenvalue weighted by atomic mass is 9.95. The minimum atomic E-state index is -0.318. The van der Waals surface area contributed by atoms with Gasteiger partial charge >= 0.3 is 0 Å². The van der Waals surface area contributed by atoms with Gasteiger partial charge in [0.15, 0.2) is 11.6 Å². The average molecular weight is 565 g/mol. The lowest BCUT2D eigenvalue weighted by Crippen LogP contribution is -2.45. The average Bonchev–Trinajstić information content (AvgIpc) is 3.21. The van der Waals surface area contributed by atoms with Crippen LogP contribution in [0.25, 0.3) is 5.82 Å². The van der Waals surface area contributed by atoms with Gasteiger partial charge in [0.2, 0.25) is 0 Å². The quantitative estimate of drug-likeness (QED) is 0.286. The summed E-state index contributed by atoms with van der Waals surface area (Å²) in [5.41, 5.74) is 7.98. The van der Waals surface area contributed by atoms with Crippen molar-refractivity contribution in [2.45, 2.75) is 51.5 Å². The molecule has 0 aliphatic heterocycles. The maximum absolute atomic E-state index is 13.4. The van der Waals surface area contributed by atoms with Gasteiger partial charge in [-0.15, -0.1) is 0 Å². The van der Waals surface area contributed by atoms with Crippen molar-refractivity contribution in [3.8, 4) is 5.82 Å². The highest BCUT2D eigenvalue weighted by Gasteiger charge is 2.23. The first-order valence-electron chi connectivity index (χ1n) is 11.1. The highest BCUT2D eigenvalue weighted by molar-refractivity contribution is 9.10. The van der Waals surface area contributed by atoms with E-state index in [0.29, 0.717) is 37.3 Å². The lowest BCUT2D eigenvalue weighted by Gasteiger charge is -2.23. The minimum absolute atomic E-state index is 0.0161. The van der Waals surface area contributed by atoms with Gasteiger partial charge in [0.05, 0.1) is 5.02 Å². The minimum Gasteiger partial charge on any atom is -0.292 e. The van der Waals surface area contributed by atoms with Gasteiger partial charge in [-0.1, -0.05) is 42.5 Å². The molecule has 4 rings (SSSR count). The summed E-state index contributed by atoms with van der Waals surface area (Å²) in [6.07, 6.45) is 7.13. The van der Waals surface area contributed by atoms with E-state index in [4.69, 9.17) is 23.2 Å². The van der Waals surface area contributed by atoms with Gasteiger partial charge in [0, 0.05) is 35.3 Å². The van der Waals surface area contributed by atoms with E-state index in [1.54, 1.807) is 36.5 Å². The molecular weight excluding hydrogens is 541 g/mol. The Hall–Kier alpha value is -2.26. The summed E-state index contributed by atoms with van der Waals surface area (Å²) in [7, 11) is 0. The van der Waals surface area contributed by atoms with Crippen LogP contribution in [0.15, 0.2) is 41.1 Å². The monoisotopic (exact) mass is 563 g/mol. The van der Waals surface area contributed by atoms with Gasteiger partial charge in [-0.25, -0.2) is 15.1 Å². The molecule has 0 bridgehead atoms. The second kappa shape index (κ2) is 11.0. The van der Waals surface area contributed by atoms with E-state index >= 15 is 0 Å². The molecule has 2 N–H and O–H groups in total. The van der Waals surface area contributed by atoms with Crippen molar-refractivity contribution in [2.24, 2.45) is 0 Å². The van der Waals surface area contributed by atoms with Gasteiger partial charge in [-0.05, 0) is 71.1 Å². The first-order valence-corrected chi connectivity index (χ1v) is 12.6. The van der Waals surface area contributed by atoms with Gasteiger partial charge in [-0.2, -0.15) is 5.10 Å². The molecular formula is C24H24BrCl2N5O2. The first kappa shape index (κ1) is 24.9. The molecule has 178 valence electrons. The van der Waals surface area contributed by atoms with Crippen LogP contribution in [0.1, 0.15) is 64.1 Å². The molecule has 0 saturated heterocycles. The molecule has 3 aromatic rings. The van der Waals surface area contributed by atoms with Crippen LogP contribution >= 0.6 is 39.1 Å². The SMILES string of the molecule is Cc1cc(Cl)cc(C(=O)NNC2CCCCC2)c1CC(=O)c1cc(Br)nn1-c1ncccc1Cl. The Morgan fingerprint density at radius 3 is 2.68 bits per heavy atom. The number of pyridine rings is 1. The fourth-order valence-electron chi connectivity index (χ4n) is 4.19. The Labute approximate surface area is 216 Å². The number of aryl methyl sites for hydroxylation is 1. The van der Waals surface area contributed by atoms with Crippen LogP contribution in [0.3, 0.4) is 0 Å². The number of hydrogen-bond donors (Lipinski definition) is 2. The number of aromatic nitrogens is 3. The van der Waals surface area contributed by atoms with E-state index in [9.17, 15) is 9.59 Å². The zero-order chi connectivity index (χ0) is 24.2. The standard InChI is InChI=1S/C24H24BrCl2N5O2/c1-14-10-15(26)11-18(24(34)30-29-16-6-3-2-4-7-16)17(14)12-21(33)20-13-22(25)31-32(20)23-19(27)8-5-9-28-23/h5,8-11,13,16,29H,2-4,6-7,12H2,1H3,(H,30,34). The molecule has 1 saturated carbocycles. The molecule has 0 spiro atoms. The van der Waals surface area contributed by atoms with Gasteiger partial charge < -0.3 is 0 Å². The normalized spacial score (nSPS) is 14.2. The Morgan fingerprint density at radius 2 is 1.94 bits per heavy atom. The summed E-state index contributed by atoms with van der Waals surface area (Å²) in [5.74, 6) is -0.207. The lowest BCUT2D eigenvalue weighted by molar-refractivity contribution is 0.0918. The summed E-state index contributed by atoms with van der Waals surface area (Å²) in [6.45, 7) is 1.84. The molecule has 1 fully saturated rings. The van der Waals surface area contributed by atoms with Crippen LogP contribution in [-0.4, -0.2) is 32.5 Å². The molecule has 0 unspecified atom stereocenters. The molecule has 2 heterocycles. The highest BCUT2D eigenvalue weighted by atomic mass is 79.9. The number of carbonyl (C=O) groups excluding carboxylic acids is 2. The summed E-state index contributed by atoms with van der Waals surface area (Å²) in [5, 5.41) is 5.13. The van der Waals surface area contributed by atoms with E-state index in [1.165, 1.54) is 11.1 Å². The molecule has 10 heteroatoms. The van der Waals surface area contributed by atoms with Crippen molar-refractivity contribution in [1.82, 2.24) is 25.6 Å². The number of carbonyl (C=O) groups is 2. The van der Waals surface area contributed by atoms with Crippen molar-refractivity contribution in [1.29, 1.82) is 0 Å². The van der Waals surface area contributed by atoms with Crippen LogP contribution in [-0.2, 0) is 6.42 Å². The number of nitrogens with zero attached hydrogens (tertiary/aromatic N) is 3. The molecule has 1 amide bonds. The Balaban J connectivity index is 1.60. The van der Waals surface area contributed by atoms with Gasteiger partial charge in [-0.3, -0.25) is 15.0 Å². The van der Waals surface area contributed by atoms with Crippen molar-refractivity contribution in [3.05, 3.63) is 73.6 Å². The Bertz CT molecular complexity index is 1220. The maximum Gasteiger partial charge on any atom is 0.265 e. The summed E-state index contributed by atoms with van der Waals surface area (Å²) < 4.78 is 1.88. The molecule has 2 aromatic heterocycles. The number of Topliss-reactive ketones (excluding diaryl/α,β-unsaturated/α-hetero) is 1. The zero-order valence-corrected chi connectivity index (χ0v) is 21.7. The van der Waals surface area contributed by atoms with Crippen molar-refractivity contribution in [2.75, 3.05) is 0 Å². The largest absolute Gasteiger partial charge is 0.292 e.